The molecule has 1 amide bonds. The number of benzene rings is 1. The zero-order valence-electron chi connectivity index (χ0n) is 13.7. The van der Waals surface area contributed by atoms with Crippen molar-refractivity contribution in [1.82, 2.24) is 15.1 Å². The Morgan fingerprint density at radius 3 is 2.65 bits per heavy atom. The molecule has 2 aliphatic heterocycles. The topological polar surface area (TPSA) is 44.8 Å². The fourth-order valence-electron chi connectivity index (χ4n) is 3.32. The highest BCUT2D eigenvalue weighted by molar-refractivity contribution is 5.79. The van der Waals surface area contributed by atoms with Crippen molar-refractivity contribution in [1.29, 1.82) is 0 Å². The van der Waals surface area contributed by atoms with Gasteiger partial charge in [-0.2, -0.15) is 0 Å². The lowest BCUT2D eigenvalue weighted by Crippen LogP contribution is -2.52. The predicted octanol–water partition coefficient (Wildman–Crippen LogP) is 1.21. The predicted molar refractivity (Wildman–Crippen MR) is 90.6 cm³/mol. The first-order valence-corrected chi connectivity index (χ1v) is 8.72. The highest BCUT2D eigenvalue weighted by Crippen LogP contribution is 2.15. The fraction of sp³-hybridized carbons (Fsp3) is 0.611. The molecule has 0 spiro atoms. The number of para-hydroxylation sites is 1. The fourth-order valence-corrected chi connectivity index (χ4v) is 3.32. The van der Waals surface area contributed by atoms with Crippen LogP contribution < -0.4 is 10.1 Å². The summed E-state index contributed by atoms with van der Waals surface area (Å²) < 4.78 is 5.75. The second-order valence-electron chi connectivity index (χ2n) is 6.37. The van der Waals surface area contributed by atoms with E-state index in [1.807, 2.05) is 35.2 Å². The summed E-state index contributed by atoms with van der Waals surface area (Å²) in [4.78, 5) is 16.9. The van der Waals surface area contributed by atoms with Crippen LogP contribution in [0.2, 0.25) is 0 Å². The Hall–Kier alpha value is -1.59. The van der Waals surface area contributed by atoms with Gasteiger partial charge in [-0.15, -0.1) is 0 Å². The summed E-state index contributed by atoms with van der Waals surface area (Å²) >= 11 is 0. The molecule has 5 heteroatoms. The molecular weight excluding hydrogens is 290 g/mol. The Kier molecular flexibility index (Phi) is 5.88. The van der Waals surface area contributed by atoms with Gasteiger partial charge in [0.15, 0.2) is 0 Å². The van der Waals surface area contributed by atoms with Crippen LogP contribution in [-0.4, -0.2) is 68.1 Å². The first-order valence-electron chi connectivity index (χ1n) is 8.72. The summed E-state index contributed by atoms with van der Waals surface area (Å²) in [5.74, 6) is 1.46. The standard InChI is InChI=1S/C18H27N3O2/c22-18(16-5-4-8-19-15-16)21-11-9-20(10-12-21)13-14-23-17-6-2-1-3-7-17/h1-3,6-7,16,19H,4-5,8-15H2. The van der Waals surface area contributed by atoms with Gasteiger partial charge in [0.05, 0.1) is 5.92 Å². The molecule has 0 aliphatic carbocycles. The Morgan fingerprint density at radius 1 is 1.17 bits per heavy atom. The molecule has 2 fully saturated rings. The number of carbonyl (C=O) groups is 1. The first kappa shape index (κ1) is 16.3. The van der Waals surface area contributed by atoms with Crippen molar-refractivity contribution in [3.63, 3.8) is 0 Å². The lowest BCUT2D eigenvalue weighted by Gasteiger charge is -2.37. The number of rotatable bonds is 5. The zero-order valence-corrected chi connectivity index (χ0v) is 13.7. The lowest BCUT2D eigenvalue weighted by molar-refractivity contribution is -0.137. The average Bonchev–Trinajstić information content (AvgIpc) is 2.63. The van der Waals surface area contributed by atoms with Gasteiger partial charge in [0, 0.05) is 39.3 Å². The maximum Gasteiger partial charge on any atom is 0.227 e. The van der Waals surface area contributed by atoms with E-state index in [9.17, 15) is 4.79 Å². The molecule has 1 aromatic rings. The van der Waals surface area contributed by atoms with Crippen molar-refractivity contribution < 1.29 is 9.53 Å². The minimum atomic E-state index is 0.191. The van der Waals surface area contributed by atoms with Crippen molar-refractivity contribution in [2.45, 2.75) is 12.8 Å². The van der Waals surface area contributed by atoms with E-state index in [0.717, 1.165) is 64.4 Å². The van der Waals surface area contributed by atoms with Crippen LogP contribution in [-0.2, 0) is 4.79 Å². The Labute approximate surface area is 138 Å². The monoisotopic (exact) mass is 317 g/mol. The number of carbonyl (C=O) groups excluding carboxylic acids is 1. The molecule has 1 N–H and O–H groups in total. The highest BCUT2D eigenvalue weighted by atomic mass is 16.5. The van der Waals surface area contributed by atoms with Crippen LogP contribution in [0.1, 0.15) is 12.8 Å². The molecule has 2 heterocycles. The number of hydrogen-bond acceptors (Lipinski definition) is 4. The quantitative estimate of drug-likeness (QED) is 0.887. The number of piperazine rings is 1. The van der Waals surface area contributed by atoms with Crippen molar-refractivity contribution in [2.75, 3.05) is 52.4 Å². The van der Waals surface area contributed by atoms with Gasteiger partial charge in [0.1, 0.15) is 12.4 Å². The van der Waals surface area contributed by atoms with Gasteiger partial charge in [-0.1, -0.05) is 18.2 Å². The van der Waals surface area contributed by atoms with Crippen LogP contribution in [0.5, 0.6) is 5.75 Å². The molecule has 23 heavy (non-hydrogen) atoms. The molecule has 0 aromatic heterocycles. The summed E-state index contributed by atoms with van der Waals surface area (Å²) in [6.45, 7) is 7.12. The third-order valence-corrected chi connectivity index (χ3v) is 4.75. The number of amides is 1. The van der Waals surface area contributed by atoms with Gasteiger partial charge in [-0.05, 0) is 31.5 Å². The molecule has 2 aliphatic rings. The second-order valence-corrected chi connectivity index (χ2v) is 6.37. The molecular formula is C18H27N3O2. The molecule has 0 radical (unpaired) electrons. The van der Waals surface area contributed by atoms with Crippen molar-refractivity contribution >= 4 is 5.91 Å². The molecule has 1 aromatic carbocycles. The third kappa shape index (κ3) is 4.69. The smallest absolute Gasteiger partial charge is 0.227 e. The van der Waals surface area contributed by atoms with Crippen LogP contribution in [0.3, 0.4) is 0 Å². The van der Waals surface area contributed by atoms with Crippen molar-refractivity contribution in [3.05, 3.63) is 30.3 Å². The Balaban J connectivity index is 1.36. The number of ether oxygens (including phenoxy) is 1. The summed E-state index contributed by atoms with van der Waals surface area (Å²) in [6.07, 6.45) is 2.16. The number of nitrogens with one attached hydrogen (secondary N) is 1. The molecule has 1 unspecified atom stereocenters. The zero-order chi connectivity index (χ0) is 15.9. The number of nitrogens with zero attached hydrogens (tertiary/aromatic N) is 2. The SMILES string of the molecule is O=C(C1CCCNC1)N1CCN(CCOc2ccccc2)CC1. The van der Waals surface area contributed by atoms with Crippen LogP contribution in [0.25, 0.3) is 0 Å². The van der Waals surface area contributed by atoms with Crippen molar-refractivity contribution in [2.24, 2.45) is 5.92 Å². The van der Waals surface area contributed by atoms with Gasteiger partial charge in [0.25, 0.3) is 0 Å². The maximum absolute atomic E-state index is 12.5. The maximum atomic E-state index is 12.5. The van der Waals surface area contributed by atoms with E-state index < -0.39 is 0 Å². The van der Waals surface area contributed by atoms with E-state index in [2.05, 4.69) is 10.2 Å². The van der Waals surface area contributed by atoms with Gasteiger partial charge in [-0.3, -0.25) is 9.69 Å². The first-order chi connectivity index (χ1) is 11.3. The summed E-state index contributed by atoms with van der Waals surface area (Å²) in [7, 11) is 0. The molecule has 1 atom stereocenters. The summed E-state index contributed by atoms with van der Waals surface area (Å²) in [6, 6.07) is 9.92. The Morgan fingerprint density at radius 2 is 1.96 bits per heavy atom. The third-order valence-electron chi connectivity index (χ3n) is 4.75. The normalized spacial score (nSPS) is 22.8. The summed E-state index contributed by atoms with van der Waals surface area (Å²) in [5, 5.41) is 3.33. The highest BCUT2D eigenvalue weighted by Gasteiger charge is 2.28. The molecule has 0 saturated carbocycles. The van der Waals surface area contributed by atoms with E-state index in [1.165, 1.54) is 0 Å². The minimum Gasteiger partial charge on any atom is -0.492 e. The van der Waals surface area contributed by atoms with Gasteiger partial charge in [0.2, 0.25) is 5.91 Å². The van der Waals surface area contributed by atoms with Crippen LogP contribution in [0.15, 0.2) is 30.3 Å². The van der Waals surface area contributed by atoms with Crippen LogP contribution >= 0.6 is 0 Å². The van der Waals surface area contributed by atoms with Crippen LogP contribution in [0, 0.1) is 5.92 Å². The number of hydrogen-bond donors (Lipinski definition) is 1. The van der Waals surface area contributed by atoms with Gasteiger partial charge >= 0.3 is 0 Å². The van der Waals surface area contributed by atoms with E-state index in [-0.39, 0.29) is 5.92 Å². The largest absolute Gasteiger partial charge is 0.492 e. The van der Waals surface area contributed by atoms with E-state index in [0.29, 0.717) is 12.5 Å². The van der Waals surface area contributed by atoms with Gasteiger partial charge in [-0.25, -0.2) is 0 Å². The van der Waals surface area contributed by atoms with E-state index in [1.54, 1.807) is 0 Å². The average molecular weight is 317 g/mol. The van der Waals surface area contributed by atoms with E-state index >= 15 is 0 Å². The lowest BCUT2D eigenvalue weighted by atomic mass is 9.98. The van der Waals surface area contributed by atoms with Crippen LogP contribution in [0.4, 0.5) is 0 Å². The van der Waals surface area contributed by atoms with Gasteiger partial charge < -0.3 is 15.0 Å². The van der Waals surface area contributed by atoms with Crippen molar-refractivity contribution in [3.8, 4) is 5.75 Å². The Bertz CT molecular complexity index is 480. The molecule has 5 nitrogen and oxygen atoms in total. The molecule has 0 bridgehead atoms. The van der Waals surface area contributed by atoms with E-state index in [4.69, 9.17) is 4.74 Å². The molecule has 126 valence electrons. The second kappa shape index (κ2) is 8.31. The molecule has 3 rings (SSSR count). The molecule has 2 saturated heterocycles. The summed E-state index contributed by atoms with van der Waals surface area (Å²) in [5.41, 5.74) is 0. The number of piperidine rings is 1. The minimum absolute atomic E-state index is 0.191.